The Morgan fingerprint density at radius 1 is 0.750 bits per heavy atom. The van der Waals surface area contributed by atoms with Gasteiger partial charge in [0.15, 0.2) is 0 Å². The molecule has 1 aromatic heterocycles. The minimum Gasteiger partial charge on any atom is -0.252 e. The summed E-state index contributed by atoms with van der Waals surface area (Å²) in [4.78, 5) is 9.39. The molecule has 0 unspecified atom stereocenters. The molecule has 4 rings (SSSR count). The molecular formula is C18H14N2. The highest BCUT2D eigenvalue weighted by molar-refractivity contribution is 6.23. The van der Waals surface area contributed by atoms with Crippen molar-refractivity contribution in [3.05, 3.63) is 59.9 Å². The van der Waals surface area contributed by atoms with Crippen molar-refractivity contribution < 1.29 is 0 Å². The molecule has 2 nitrogen and oxygen atoms in total. The predicted octanol–water partition coefficient (Wildman–Crippen LogP) is 4.55. The second-order valence-corrected chi connectivity index (χ2v) is 5.25. The molecule has 0 N–H and O–H groups in total. The van der Waals surface area contributed by atoms with Crippen molar-refractivity contribution in [1.29, 1.82) is 0 Å². The first-order chi connectivity index (χ1) is 9.75. The van der Waals surface area contributed by atoms with Crippen LogP contribution in [0.25, 0.3) is 32.6 Å². The van der Waals surface area contributed by atoms with E-state index < -0.39 is 0 Å². The van der Waals surface area contributed by atoms with Gasteiger partial charge in [0.2, 0.25) is 0 Å². The molecule has 0 aliphatic heterocycles. The van der Waals surface area contributed by atoms with Gasteiger partial charge in [0.1, 0.15) is 0 Å². The molecule has 0 aliphatic rings. The van der Waals surface area contributed by atoms with Crippen LogP contribution < -0.4 is 0 Å². The summed E-state index contributed by atoms with van der Waals surface area (Å²) in [6.45, 7) is 4.13. The summed E-state index contributed by atoms with van der Waals surface area (Å²) in [5, 5.41) is 4.90. The summed E-state index contributed by atoms with van der Waals surface area (Å²) in [5.74, 6) is 0. The summed E-state index contributed by atoms with van der Waals surface area (Å²) >= 11 is 0. The normalized spacial score (nSPS) is 11.5. The molecular weight excluding hydrogens is 244 g/mol. The van der Waals surface area contributed by atoms with Crippen molar-refractivity contribution in [1.82, 2.24) is 9.97 Å². The Labute approximate surface area is 117 Å². The predicted molar refractivity (Wildman–Crippen MR) is 84.0 cm³/mol. The van der Waals surface area contributed by atoms with Gasteiger partial charge in [0.25, 0.3) is 0 Å². The van der Waals surface area contributed by atoms with Crippen molar-refractivity contribution >= 4 is 32.6 Å². The van der Waals surface area contributed by atoms with Crippen molar-refractivity contribution in [2.24, 2.45) is 0 Å². The van der Waals surface area contributed by atoms with Gasteiger partial charge in [0, 0.05) is 17.0 Å². The van der Waals surface area contributed by atoms with E-state index in [0.717, 1.165) is 16.7 Å². The lowest BCUT2D eigenvalue weighted by Crippen LogP contribution is -1.92. The highest BCUT2D eigenvalue weighted by Gasteiger charge is 2.11. The molecule has 0 bridgehead atoms. The number of rotatable bonds is 0. The summed E-state index contributed by atoms with van der Waals surface area (Å²) < 4.78 is 0. The number of benzene rings is 3. The van der Waals surface area contributed by atoms with Gasteiger partial charge in [-0.2, -0.15) is 0 Å². The summed E-state index contributed by atoms with van der Waals surface area (Å²) in [6, 6.07) is 14.9. The Balaban J connectivity index is 2.45. The van der Waals surface area contributed by atoms with Crippen LogP contribution in [0.2, 0.25) is 0 Å². The Morgan fingerprint density at radius 2 is 1.50 bits per heavy atom. The number of nitrogens with zero attached hydrogens (tertiary/aromatic N) is 2. The van der Waals surface area contributed by atoms with Crippen LogP contribution in [-0.4, -0.2) is 9.97 Å². The quantitative estimate of drug-likeness (QED) is 0.432. The molecule has 1 heterocycles. The third-order valence-electron chi connectivity index (χ3n) is 3.87. The average Bonchev–Trinajstić information content (AvgIpc) is 2.47. The van der Waals surface area contributed by atoms with Crippen LogP contribution in [0, 0.1) is 13.8 Å². The van der Waals surface area contributed by atoms with E-state index in [-0.39, 0.29) is 0 Å². The minimum atomic E-state index is 0.954. The molecule has 3 aromatic carbocycles. The topological polar surface area (TPSA) is 25.8 Å². The van der Waals surface area contributed by atoms with Gasteiger partial charge in [-0.3, -0.25) is 4.98 Å². The lowest BCUT2D eigenvalue weighted by Gasteiger charge is -2.11. The Hall–Kier alpha value is -2.48. The Kier molecular flexibility index (Phi) is 2.27. The fraction of sp³-hybridized carbons (Fsp3) is 0.111. The van der Waals surface area contributed by atoms with Crippen LogP contribution in [0.4, 0.5) is 0 Å². The zero-order valence-corrected chi connectivity index (χ0v) is 11.5. The molecule has 0 spiro atoms. The maximum absolute atomic E-state index is 4.73. The highest BCUT2D eigenvalue weighted by atomic mass is 14.8. The smallest absolute Gasteiger partial charge is 0.0974 e. The van der Waals surface area contributed by atoms with Gasteiger partial charge in [-0.25, -0.2) is 4.98 Å². The molecule has 0 radical (unpaired) electrons. The van der Waals surface area contributed by atoms with Crippen LogP contribution in [0.1, 0.15) is 11.3 Å². The maximum atomic E-state index is 4.73. The number of aryl methyl sites for hydroxylation is 2. The van der Waals surface area contributed by atoms with Crippen LogP contribution in [-0.2, 0) is 0 Å². The lowest BCUT2D eigenvalue weighted by molar-refractivity contribution is 1.19. The van der Waals surface area contributed by atoms with Crippen molar-refractivity contribution in [2.75, 3.05) is 0 Å². The Bertz CT molecular complexity index is 956. The van der Waals surface area contributed by atoms with Crippen molar-refractivity contribution in [3.8, 4) is 0 Å². The summed E-state index contributed by atoms with van der Waals surface area (Å²) in [7, 11) is 0. The first-order valence-corrected chi connectivity index (χ1v) is 6.79. The molecule has 0 aliphatic carbocycles. The minimum absolute atomic E-state index is 0.954. The van der Waals surface area contributed by atoms with Gasteiger partial charge in [0.05, 0.1) is 16.7 Å². The van der Waals surface area contributed by atoms with Gasteiger partial charge in [-0.05, 0) is 30.2 Å². The van der Waals surface area contributed by atoms with Crippen molar-refractivity contribution in [3.63, 3.8) is 0 Å². The second-order valence-electron chi connectivity index (χ2n) is 5.25. The summed E-state index contributed by atoms with van der Waals surface area (Å²) in [6.07, 6.45) is 1.85. The molecule has 0 amide bonds. The molecule has 2 heteroatoms. The monoisotopic (exact) mass is 258 g/mol. The molecule has 0 atom stereocenters. The standard InChI is InChI=1S/C18H14N2/c1-11-6-5-9-14-13-7-3-4-8-15(13)17-18(16(11)14)19-10-12(2)20-17/h3-10H,1-2H3. The summed E-state index contributed by atoms with van der Waals surface area (Å²) in [5.41, 5.74) is 4.21. The number of hydrogen-bond acceptors (Lipinski definition) is 2. The molecule has 96 valence electrons. The average molecular weight is 258 g/mol. The van der Waals surface area contributed by atoms with E-state index in [2.05, 4.69) is 54.4 Å². The fourth-order valence-corrected chi connectivity index (χ4v) is 2.98. The number of hydrogen-bond donors (Lipinski definition) is 0. The fourth-order valence-electron chi connectivity index (χ4n) is 2.98. The van der Waals surface area contributed by atoms with Gasteiger partial charge >= 0.3 is 0 Å². The van der Waals surface area contributed by atoms with E-state index >= 15 is 0 Å². The molecule has 0 fully saturated rings. The number of fused-ring (bicyclic) bond motifs is 6. The second kappa shape index (κ2) is 4.01. The molecule has 0 saturated heterocycles. The molecule has 20 heavy (non-hydrogen) atoms. The lowest BCUT2D eigenvalue weighted by atomic mass is 9.97. The van der Waals surface area contributed by atoms with Crippen LogP contribution in [0.5, 0.6) is 0 Å². The zero-order chi connectivity index (χ0) is 13.7. The van der Waals surface area contributed by atoms with E-state index in [1.54, 1.807) is 0 Å². The van der Waals surface area contributed by atoms with E-state index in [0.29, 0.717) is 0 Å². The van der Waals surface area contributed by atoms with E-state index in [9.17, 15) is 0 Å². The largest absolute Gasteiger partial charge is 0.252 e. The van der Waals surface area contributed by atoms with Crippen LogP contribution in [0.3, 0.4) is 0 Å². The van der Waals surface area contributed by atoms with Gasteiger partial charge in [-0.15, -0.1) is 0 Å². The molecule has 0 saturated carbocycles. The van der Waals surface area contributed by atoms with Crippen LogP contribution in [0.15, 0.2) is 48.7 Å². The van der Waals surface area contributed by atoms with E-state index in [4.69, 9.17) is 4.98 Å². The first kappa shape index (κ1) is 11.4. The third-order valence-corrected chi connectivity index (χ3v) is 3.87. The van der Waals surface area contributed by atoms with Crippen LogP contribution >= 0.6 is 0 Å². The third kappa shape index (κ3) is 1.45. The maximum Gasteiger partial charge on any atom is 0.0974 e. The van der Waals surface area contributed by atoms with Crippen molar-refractivity contribution in [2.45, 2.75) is 13.8 Å². The SMILES string of the molecule is Cc1cnc2c(n1)c1ccccc1c1cccc(C)c12. The van der Waals surface area contributed by atoms with E-state index in [1.165, 1.54) is 27.1 Å². The Morgan fingerprint density at radius 3 is 2.35 bits per heavy atom. The van der Waals surface area contributed by atoms with Gasteiger partial charge < -0.3 is 0 Å². The number of aromatic nitrogens is 2. The first-order valence-electron chi connectivity index (χ1n) is 6.79. The molecule has 4 aromatic rings. The van der Waals surface area contributed by atoms with E-state index in [1.807, 2.05) is 13.1 Å². The van der Waals surface area contributed by atoms with Gasteiger partial charge in [-0.1, -0.05) is 42.5 Å². The zero-order valence-electron chi connectivity index (χ0n) is 11.5. The highest BCUT2D eigenvalue weighted by Crippen LogP contribution is 2.34.